The zero-order valence-corrected chi connectivity index (χ0v) is 28.4. The molecule has 242 valence electrons. The third-order valence-electron chi connectivity index (χ3n) is 6.31. The summed E-state index contributed by atoms with van der Waals surface area (Å²) >= 11 is 6.52. The number of unbranched alkanes of at least 4 members (excludes halogenated alkanes) is 1. The number of ether oxygens (including phenoxy) is 2. The van der Waals surface area contributed by atoms with Gasteiger partial charge in [-0.2, -0.15) is 0 Å². The second kappa shape index (κ2) is 17.2. The Hall–Kier alpha value is -3.36. The molecule has 0 fully saturated rings. The maximum absolute atomic E-state index is 14.1. The number of nitrogens with one attached hydrogen (secondary N) is 2. The van der Waals surface area contributed by atoms with Crippen molar-refractivity contribution in [2.75, 3.05) is 20.2 Å². The van der Waals surface area contributed by atoms with Crippen LogP contribution in [0.25, 0.3) is 0 Å². The molecule has 0 aromatic heterocycles. The van der Waals surface area contributed by atoms with E-state index < -0.39 is 41.7 Å². The van der Waals surface area contributed by atoms with E-state index in [1.165, 1.54) is 0 Å². The van der Waals surface area contributed by atoms with Gasteiger partial charge in [0, 0.05) is 13.0 Å². The number of imide groups is 1. The first-order chi connectivity index (χ1) is 20.7. The molecule has 2 aromatic carbocycles. The Morgan fingerprint density at radius 1 is 1.05 bits per heavy atom. The molecule has 12 nitrogen and oxygen atoms in total. The molecule has 2 atom stereocenters. The van der Waals surface area contributed by atoms with Gasteiger partial charge in [-0.15, -0.1) is 0 Å². The third kappa shape index (κ3) is 11.6. The number of amides is 4. The summed E-state index contributed by atoms with van der Waals surface area (Å²) < 4.78 is 11.3. The number of hydrogen-bond donors (Lipinski definition) is 5. The van der Waals surface area contributed by atoms with Crippen LogP contribution in [0.1, 0.15) is 51.2 Å². The summed E-state index contributed by atoms with van der Waals surface area (Å²) in [4.78, 5) is 53.5. The molecule has 0 saturated carbocycles. The van der Waals surface area contributed by atoms with Gasteiger partial charge in [0.2, 0.25) is 0 Å². The second-order valence-corrected chi connectivity index (χ2v) is 12.7. The van der Waals surface area contributed by atoms with Gasteiger partial charge in [-0.05, 0) is 120 Å². The van der Waals surface area contributed by atoms with E-state index in [2.05, 4.69) is 42.5 Å². The number of phenolic OH excluding ortho intramolecular Hbond substituents is 1. The van der Waals surface area contributed by atoms with Gasteiger partial charge in [0.25, 0.3) is 5.91 Å². The fourth-order valence-electron chi connectivity index (χ4n) is 4.22. The van der Waals surface area contributed by atoms with Crippen LogP contribution >= 0.6 is 31.9 Å². The molecule has 2 rings (SSSR count). The number of carboxylic acid groups (broad SMARTS) is 1. The van der Waals surface area contributed by atoms with Crippen molar-refractivity contribution >= 4 is 55.9 Å². The largest absolute Gasteiger partial charge is 0.506 e. The van der Waals surface area contributed by atoms with E-state index in [0.717, 1.165) is 5.56 Å². The Bertz CT molecular complexity index is 1300. The first-order valence-electron chi connectivity index (χ1n) is 14.0. The molecule has 0 heterocycles. The molecule has 2 aromatic rings. The molecule has 0 spiro atoms. The van der Waals surface area contributed by atoms with Gasteiger partial charge in [-0.1, -0.05) is 12.1 Å². The van der Waals surface area contributed by atoms with E-state index in [1.54, 1.807) is 46.1 Å². The highest BCUT2D eigenvalue weighted by molar-refractivity contribution is 9.11. The van der Waals surface area contributed by atoms with Crippen molar-refractivity contribution in [1.82, 2.24) is 15.5 Å². The number of aromatic hydroxyl groups is 1. The van der Waals surface area contributed by atoms with Crippen LogP contribution in [0.2, 0.25) is 0 Å². The van der Waals surface area contributed by atoms with Crippen LogP contribution in [-0.4, -0.2) is 77.0 Å². The van der Waals surface area contributed by atoms with Crippen molar-refractivity contribution in [3.8, 4) is 11.5 Å². The summed E-state index contributed by atoms with van der Waals surface area (Å²) in [6.45, 7) is 5.29. The summed E-state index contributed by atoms with van der Waals surface area (Å²) in [7, 11) is 1.56. The van der Waals surface area contributed by atoms with Crippen LogP contribution in [0.4, 0.5) is 9.59 Å². The number of nitrogens with two attached hydrogens (primary N) is 1. The summed E-state index contributed by atoms with van der Waals surface area (Å²) in [6.07, 6.45) is -0.0800. The number of carbonyl (C=O) groups is 4. The van der Waals surface area contributed by atoms with Crippen LogP contribution in [0.5, 0.6) is 11.5 Å². The lowest BCUT2D eigenvalue weighted by Crippen LogP contribution is -2.58. The van der Waals surface area contributed by atoms with Gasteiger partial charge in [0.15, 0.2) is 0 Å². The molecule has 14 heteroatoms. The zero-order chi connectivity index (χ0) is 33.0. The topological polar surface area (TPSA) is 181 Å². The maximum atomic E-state index is 14.1. The van der Waals surface area contributed by atoms with Crippen molar-refractivity contribution in [1.29, 1.82) is 0 Å². The van der Waals surface area contributed by atoms with E-state index in [9.17, 15) is 29.4 Å². The second-order valence-electron chi connectivity index (χ2n) is 11.0. The Morgan fingerprint density at radius 2 is 1.70 bits per heavy atom. The lowest BCUT2D eigenvalue weighted by atomic mass is 10.0. The average molecular weight is 744 g/mol. The number of phenols is 1. The van der Waals surface area contributed by atoms with Crippen molar-refractivity contribution in [3.05, 3.63) is 56.5 Å². The molecule has 4 amide bonds. The van der Waals surface area contributed by atoms with Gasteiger partial charge >= 0.3 is 18.1 Å². The van der Waals surface area contributed by atoms with Crippen LogP contribution < -0.4 is 21.1 Å². The van der Waals surface area contributed by atoms with Gasteiger partial charge in [0.05, 0.1) is 16.1 Å². The Kier molecular flexibility index (Phi) is 14.4. The van der Waals surface area contributed by atoms with E-state index in [-0.39, 0.29) is 25.1 Å². The minimum absolute atomic E-state index is 0.0622. The molecule has 0 saturated heterocycles. The maximum Gasteiger partial charge on any atom is 0.417 e. The molecule has 0 radical (unpaired) electrons. The van der Waals surface area contributed by atoms with E-state index >= 15 is 0 Å². The van der Waals surface area contributed by atoms with Crippen molar-refractivity contribution in [3.63, 3.8) is 0 Å². The molecule has 0 aliphatic carbocycles. The standard InChI is InChI=1S/C30H40Br2N4O8/c1-30(2,3)44-29(42)36(24(27(39)40)10-5-6-12-33)26(38)23(17-19-15-21(31)25(37)22(32)16-19)35-28(41)34-13-11-18-8-7-9-20(14-18)43-4/h7-9,14-16,23-24,37H,5-6,10-13,17,33H2,1-4H3,(H,39,40)(H2,34,35,41)/t23-,24+/m1/s1. The first-order valence-corrected chi connectivity index (χ1v) is 15.6. The van der Waals surface area contributed by atoms with Crippen LogP contribution in [0.3, 0.4) is 0 Å². The summed E-state index contributed by atoms with van der Waals surface area (Å²) in [5, 5.41) is 25.5. The van der Waals surface area contributed by atoms with Crippen LogP contribution in [0.15, 0.2) is 45.3 Å². The molecule has 0 unspecified atom stereocenters. The first kappa shape index (κ1) is 36.8. The van der Waals surface area contributed by atoms with Gasteiger partial charge < -0.3 is 36.1 Å². The Morgan fingerprint density at radius 3 is 2.27 bits per heavy atom. The van der Waals surface area contributed by atoms with Crippen LogP contribution in [0, 0.1) is 0 Å². The van der Waals surface area contributed by atoms with E-state index in [1.807, 2.05) is 18.2 Å². The predicted molar refractivity (Wildman–Crippen MR) is 172 cm³/mol. The quantitative estimate of drug-likeness (QED) is 0.171. The SMILES string of the molecule is COc1cccc(CCNC(=O)N[C@H](Cc2cc(Br)c(O)c(Br)c2)C(=O)N(C(=O)OC(C)(C)C)[C@@H](CCCCN)C(=O)O)c1. The zero-order valence-electron chi connectivity index (χ0n) is 25.2. The summed E-state index contributed by atoms with van der Waals surface area (Å²) in [5.74, 6) is -1.77. The number of urea groups is 1. The lowest BCUT2D eigenvalue weighted by Gasteiger charge is -2.32. The molecule has 0 bridgehead atoms. The van der Waals surface area contributed by atoms with Crippen molar-refractivity contribution < 1.29 is 38.9 Å². The predicted octanol–water partition coefficient (Wildman–Crippen LogP) is 4.72. The molecule has 0 aliphatic rings. The third-order valence-corrected chi connectivity index (χ3v) is 7.52. The minimum atomic E-state index is -1.57. The lowest BCUT2D eigenvalue weighted by molar-refractivity contribution is -0.150. The molecule has 0 aliphatic heterocycles. The Labute approximate surface area is 273 Å². The number of halogens is 2. The fraction of sp³-hybridized carbons (Fsp3) is 0.467. The normalized spacial score (nSPS) is 12.5. The monoisotopic (exact) mass is 742 g/mol. The fourth-order valence-corrected chi connectivity index (χ4v) is 5.51. The highest BCUT2D eigenvalue weighted by Gasteiger charge is 2.41. The highest BCUT2D eigenvalue weighted by atomic mass is 79.9. The average Bonchev–Trinajstić information content (AvgIpc) is 2.93. The summed E-state index contributed by atoms with van der Waals surface area (Å²) in [5.41, 5.74) is 5.95. The van der Waals surface area contributed by atoms with Gasteiger partial charge in [-0.3, -0.25) is 4.79 Å². The number of rotatable bonds is 14. The van der Waals surface area contributed by atoms with E-state index in [4.69, 9.17) is 15.2 Å². The van der Waals surface area contributed by atoms with Crippen LogP contribution in [-0.2, 0) is 27.2 Å². The molecule has 44 heavy (non-hydrogen) atoms. The number of methoxy groups -OCH3 is 1. The van der Waals surface area contributed by atoms with E-state index in [0.29, 0.717) is 51.0 Å². The number of aliphatic carboxylic acids is 1. The van der Waals surface area contributed by atoms with Gasteiger partial charge in [0.1, 0.15) is 29.2 Å². The molecular formula is C30H40Br2N4O8. The van der Waals surface area contributed by atoms with Crippen molar-refractivity contribution in [2.24, 2.45) is 5.73 Å². The Balaban J connectivity index is 2.41. The molecule has 6 N–H and O–H groups in total. The number of hydrogen-bond acceptors (Lipinski definition) is 8. The number of benzene rings is 2. The van der Waals surface area contributed by atoms with Gasteiger partial charge in [-0.25, -0.2) is 19.3 Å². The number of carboxylic acids is 1. The molecular weight excluding hydrogens is 704 g/mol. The van der Waals surface area contributed by atoms with Crippen molar-refractivity contribution in [2.45, 2.75) is 70.6 Å². The number of nitrogens with zero attached hydrogens (tertiary/aromatic N) is 1. The number of carbonyl (C=O) groups excluding carboxylic acids is 3. The summed E-state index contributed by atoms with van der Waals surface area (Å²) in [6, 6.07) is 6.79. The smallest absolute Gasteiger partial charge is 0.417 e. The highest BCUT2D eigenvalue weighted by Crippen LogP contribution is 2.34. The minimum Gasteiger partial charge on any atom is -0.506 e.